The predicted octanol–water partition coefficient (Wildman–Crippen LogP) is 6.59. The second-order valence-corrected chi connectivity index (χ2v) is 11.0. The molecule has 1 N–H and O–H groups in total. The minimum Gasteiger partial charge on any atom is -0.476 e. The van der Waals surface area contributed by atoms with Crippen LogP contribution in [0.2, 0.25) is 0 Å². The van der Waals surface area contributed by atoms with Crippen LogP contribution in [0, 0.1) is 0 Å². The van der Waals surface area contributed by atoms with Crippen molar-refractivity contribution in [2.45, 2.75) is 24.9 Å². The molecule has 0 aliphatic carbocycles. The molecule has 1 fully saturated rings. The quantitative estimate of drug-likeness (QED) is 0.243. The molecule has 0 saturated carbocycles. The maximum absolute atomic E-state index is 13.5. The summed E-state index contributed by atoms with van der Waals surface area (Å²) >= 11 is 1.33. The van der Waals surface area contributed by atoms with Gasteiger partial charge in [0.15, 0.2) is 5.69 Å². The highest BCUT2D eigenvalue weighted by Crippen LogP contribution is 2.34. The second-order valence-electron chi connectivity index (χ2n) is 10.1. The van der Waals surface area contributed by atoms with Crippen molar-refractivity contribution in [2.24, 2.45) is 0 Å². The van der Waals surface area contributed by atoms with E-state index in [1.165, 1.54) is 23.5 Å². The Labute approximate surface area is 247 Å². The Kier molecular flexibility index (Phi) is 7.30. The van der Waals surface area contributed by atoms with E-state index in [0.29, 0.717) is 53.5 Å². The van der Waals surface area contributed by atoms with Gasteiger partial charge in [-0.1, -0.05) is 48.5 Å². The number of halogens is 3. The molecule has 3 heterocycles. The topological polar surface area (TPSA) is 105 Å². The van der Waals surface area contributed by atoms with Crippen LogP contribution in [0.25, 0.3) is 22.0 Å². The van der Waals surface area contributed by atoms with Crippen LogP contribution < -0.4 is 0 Å². The van der Waals surface area contributed by atoms with E-state index < -0.39 is 23.6 Å². The van der Waals surface area contributed by atoms with E-state index in [9.17, 15) is 32.7 Å². The third kappa shape index (κ3) is 5.41. The van der Waals surface area contributed by atoms with Crippen LogP contribution in [0.1, 0.15) is 60.7 Å². The number of aromatic nitrogens is 3. The molecule has 1 saturated heterocycles. The molecule has 0 bridgehead atoms. The Morgan fingerprint density at radius 2 is 1.56 bits per heavy atom. The van der Waals surface area contributed by atoms with Gasteiger partial charge in [0.2, 0.25) is 0 Å². The van der Waals surface area contributed by atoms with E-state index in [2.05, 4.69) is 10.1 Å². The van der Waals surface area contributed by atoms with Gasteiger partial charge in [-0.2, -0.15) is 23.0 Å². The molecule has 1 amide bonds. The van der Waals surface area contributed by atoms with Gasteiger partial charge in [0.25, 0.3) is 11.8 Å². The number of carbonyl (C=O) groups is 3. The molecule has 5 aromatic rings. The number of likely N-dealkylation sites (tertiary alicyclic amines) is 1. The molecule has 3 aromatic carbocycles. The van der Waals surface area contributed by atoms with E-state index >= 15 is 0 Å². The predicted molar refractivity (Wildman–Crippen MR) is 153 cm³/mol. The zero-order chi connectivity index (χ0) is 30.3. The molecule has 8 nitrogen and oxygen atoms in total. The number of amides is 1. The maximum Gasteiger partial charge on any atom is 0.416 e. The molecular weight excluding hydrogens is 581 g/mol. The monoisotopic (exact) mass is 604 g/mol. The largest absolute Gasteiger partial charge is 0.476 e. The molecule has 6 rings (SSSR count). The summed E-state index contributed by atoms with van der Waals surface area (Å²) < 4.78 is 40.1. The SMILES string of the molecule is O=C(O)c1nn(C(=O)c2csc(C3CCN(C(=O)c4ccccc4-c4ccc(C(F)(F)F)cc4)CC3)n2)c2ccccc12. The average molecular weight is 605 g/mol. The highest BCUT2D eigenvalue weighted by atomic mass is 32.1. The Balaban J connectivity index is 1.15. The lowest BCUT2D eigenvalue weighted by Crippen LogP contribution is -2.38. The fourth-order valence-corrected chi connectivity index (χ4v) is 6.29. The van der Waals surface area contributed by atoms with Gasteiger partial charge in [-0.25, -0.2) is 9.78 Å². The first kappa shape index (κ1) is 28.3. The number of rotatable bonds is 5. The number of aromatic carboxylic acids is 1. The van der Waals surface area contributed by atoms with Crippen molar-refractivity contribution in [3.63, 3.8) is 0 Å². The summed E-state index contributed by atoms with van der Waals surface area (Å²) in [5.74, 6) is -1.95. The van der Waals surface area contributed by atoms with Crippen LogP contribution in [0.4, 0.5) is 13.2 Å². The molecular formula is C31H23F3N4O4S. The lowest BCUT2D eigenvalue weighted by molar-refractivity contribution is -0.137. The van der Waals surface area contributed by atoms with E-state index in [4.69, 9.17) is 0 Å². The molecule has 12 heteroatoms. The van der Waals surface area contributed by atoms with Crippen LogP contribution in [-0.4, -0.2) is 55.6 Å². The van der Waals surface area contributed by atoms with Gasteiger partial charge in [-0.15, -0.1) is 11.3 Å². The minimum absolute atomic E-state index is 0.0182. The molecule has 1 aliphatic heterocycles. The molecule has 0 unspecified atom stereocenters. The van der Waals surface area contributed by atoms with Crippen LogP contribution in [0.15, 0.2) is 78.2 Å². The Hall–Kier alpha value is -4.84. The lowest BCUT2D eigenvalue weighted by Gasteiger charge is -2.31. The fourth-order valence-electron chi connectivity index (χ4n) is 5.32. The van der Waals surface area contributed by atoms with E-state index in [0.717, 1.165) is 21.8 Å². The Morgan fingerprint density at radius 3 is 2.26 bits per heavy atom. The first-order valence-corrected chi connectivity index (χ1v) is 14.3. The van der Waals surface area contributed by atoms with Crippen LogP contribution >= 0.6 is 11.3 Å². The molecule has 2 aromatic heterocycles. The van der Waals surface area contributed by atoms with Gasteiger partial charge in [0, 0.05) is 35.3 Å². The highest BCUT2D eigenvalue weighted by Gasteiger charge is 2.31. The van der Waals surface area contributed by atoms with Gasteiger partial charge in [-0.3, -0.25) is 9.59 Å². The van der Waals surface area contributed by atoms with Crippen LogP contribution in [0.5, 0.6) is 0 Å². The summed E-state index contributed by atoms with van der Waals surface area (Å²) in [6.45, 7) is 0.888. The number of thiazole rings is 1. The standard InChI is InChI=1S/C31H23F3N4O4S/c32-31(33,34)20-11-9-18(10-12-20)21-5-1-2-6-22(21)28(39)37-15-13-19(14-16-37)27-35-24(17-43-27)29(40)38-25-8-4-3-7-23(25)26(36-38)30(41)42/h1-12,17,19H,13-16H2,(H,41,42). The number of benzene rings is 3. The lowest BCUT2D eigenvalue weighted by atomic mass is 9.94. The number of fused-ring (bicyclic) bond motifs is 1. The summed E-state index contributed by atoms with van der Waals surface area (Å²) in [5.41, 5.74) is 1.07. The van der Waals surface area contributed by atoms with E-state index in [1.807, 2.05) is 0 Å². The number of hydrogen-bond donors (Lipinski definition) is 1. The summed E-state index contributed by atoms with van der Waals surface area (Å²) in [6, 6.07) is 18.2. The van der Waals surface area contributed by atoms with Gasteiger partial charge >= 0.3 is 12.1 Å². The van der Waals surface area contributed by atoms with Crippen molar-refractivity contribution in [1.82, 2.24) is 19.7 Å². The molecule has 218 valence electrons. The van der Waals surface area contributed by atoms with Crippen LogP contribution in [0.3, 0.4) is 0 Å². The summed E-state index contributed by atoms with van der Waals surface area (Å²) in [5, 5.41) is 16.3. The molecule has 1 aliphatic rings. The van der Waals surface area contributed by atoms with Gasteiger partial charge < -0.3 is 10.0 Å². The number of alkyl halides is 3. The fraction of sp³-hybridized carbons (Fsp3) is 0.194. The van der Waals surface area contributed by atoms with E-state index in [1.54, 1.807) is 58.8 Å². The first-order valence-electron chi connectivity index (χ1n) is 13.4. The number of carboxylic acid groups (broad SMARTS) is 1. The molecule has 0 atom stereocenters. The number of para-hydroxylation sites is 1. The van der Waals surface area contributed by atoms with E-state index in [-0.39, 0.29) is 23.2 Å². The second kappa shape index (κ2) is 11.1. The third-order valence-electron chi connectivity index (χ3n) is 7.54. The van der Waals surface area contributed by atoms with Crippen molar-refractivity contribution in [3.05, 3.63) is 106 Å². The normalized spacial score (nSPS) is 14.3. The smallest absolute Gasteiger partial charge is 0.416 e. The van der Waals surface area contributed by atoms with Crippen molar-refractivity contribution in [3.8, 4) is 11.1 Å². The Morgan fingerprint density at radius 1 is 0.884 bits per heavy atom. The average Bonchev–Trinajstić information content (AvgIpc) is 3.66. The molecule has 0 spiro atoms. The van der Waals surface area contributed by atoms with Crippen molar-refractivity contribution in [2.75, 3.05) is 13.1 Å². The van der Waals surface area contributed by atoms with Crippen molar-refractivity contribution >= 4 is 40.0 Å². The number of carbonyl (C=O) groups excluding carboxylic acids is 2. The number of piperidine rings is 1. The number of carboxylic acids is 1. The molecule has 43 heavy (non-hydrogen) atoms. The first-order chi connectivity index (χ1) is 20.6. The third-order valence-corrected chi connectivity index (χ3v) is 8.54. The van der Waals surface area contributed by atoms with Crippen molar-refractivity contribution < 1.29 is 32.7 Å². The highest BCUT2D eigenvalue weighted by molar-refractivity contribution is 7.09. The van der Waals surface area contributed by atoms with Gasteiger partial charge in [0.1, 0.15) is 5.69 Å². The zero-order valence-corrected chi connectivity index (χ0v) is 23.2. The summed E-state index contributed by atoms with van der Waals surface area (Å²) in [4.78, 5) is 44.7. The molecule has 0 radical (unpaired) electrons. The van der Waals surface area contributed by atoms with Gasteiger partial charge in [0.05, 0.1) is 16.1 Å². The Bertz CT molecular complexity index is 1850. The summed E-state index contributed by atoms with van der Waals surface area (Å²) in [7, 11) is 0. The maximum atomic E-state index is 13.5. The minimum atomic E-state index is -4.44. The summed E-state index contributed by atoms with van der Waals surface area (Å²) in [6.07, 6.45) is -3.21. The number of hydrogen-bond acceptors (Lipinski definition) is 6. The number of nitrogens with zero attached hydrogens (tertiary/aromatic N) is 4. The zero-order valence-electron chi connectivity index (χ0n) is 22.4. The van der Waals surface area contributed by atoms with Crippen molar-refractivity contribution in [1.29, 1.82) is 0 Å². The van der Waals surface area contributed by atoms with Gasteiger partial charge in [-0.05, 0) is 48.2 Å². The van der Waals surface area contributed by atoms with Crippen LogP contribution in [-0.2, 0) is 6.18 Å².